The predicted molar refractivity (Wildman–Crippen MR) is 54.0 cm³/mol. The number of carboxylic acids is 1. The minimum Gasteiger partial charge on any atom is -0.480 e. The first-order chi connectivity index (χ1) is 6.79. The third-order valence-electron chi connectivity index (χ3n) is 1.57. The van der Waals surface area contributed by atoms with E-state index in [2.05, 4.69) is 0 Å². The molecule has 0 amide bonds. The Balaban J connectivity index is 4.76. The van der Waals surface area contributed by atoms with Crippen LogP contribution in [0.2, 0.25) is 0 Å². The molecule has 0 saturated heterocycles. The maximum Gasteiger partial charge on any atom is 0.318 e. The molecule has 1 N–H and O–H groups in total. The van der Waals surface area contributed by atoms with E-state index in [4.69, 9.17) is 5.11 Å². The molecule has 0 aliphatic heterocycles. The molecule has 88 valence electrons. The van der Waals surface area contributed by atoms with Gasteiger partial charge in [0.25, 0.3) is 0 Å². The number of nitrogens with zero attached hydrogens (tertiary/aromatic N) is 1. The molecule has 0 aliphatic carbocycles. The summed E-state index contributed by atoms with van der Waals surface area (Å²) in [5, 5.41) is 8.51. The smallest absolute Gasteiger partial charge is 0.318 e. The molecule has 6 nitrogen and oxygen atoms in total. The Morgan fingerprint density at radius 2 is 1.80 bits per heavy atom. The SMILES string of the molecule is CCCS(=O)(=O)N(CC(C)=O)CC(=O)O. The molecule has 0 fully saturated rings. The summed E-state index contributed by atoms with van der Waals surface area (Å²) in [5.74, 6) is -1.79. The third kappa shape index (κ3) is 5.48. The molecule has 0 spiro atoms. The number of rotatable bonds is 7. The van der Waals surface area contributed by atoms with E-state index < -0.39 is 22.5 Å². The lowest BCUT2D eigenvalue weighted by Crippen LogP contribution is -2.40. The summed E-state index contributed by atoms with van der Waals surface area (Å²) in [6.45, 7) is 1.84. The minimum absolute atomic E-state index is 0.145. The van der Waals surface area contributed by atoms with E-state index >= 15 is 0 Å². The maximum atomic E-state index is 11.5. The largest absolute Gasteiger partial charge is 0.480 e. The molecule has 0 aromatic carbocycles. The minimum atomic E-state index is -3.63. The highest BCUT2D eigenvalue weighted by Gasteiger charge is 2.24. The van der Waals surface area contributed by atoms with Gasteiger partial charge in [-0.15, -0.1) is 0 Å². The Bertz CT molecular complexity index is 319. The van der Waals surface area contributed by atoms with Gasteiger partial charge in [-0.3, -0.25) is 9.59 Å². The highest BCUT2D eigenvalue weighted by molar-refractivity contribution is 7.89. The van der Waals surface area contributed by atoms with Gasteiger partial charge < -0.3 is 5.11 Å². The molecule has 0 atom stereocenters. The van der Waals surface area contributed by atoms with Crippen molar-refractivity contribution in [3.8, 4) is 0 Å². The van der Waals surface area contributed by atoms with Crippen molar-refractivity contribution in [3.63, 3.8) is 0 Å². The number of hydrogen-bond acceptors (Lipinski definition) is 4. The lowest BCUT2D eigenvalue weighted by atomic mass is 10.4. The Hall–Kier alpha value is -0.950. The van der Waals surface area contributed by atoms with Gasteiger partial charge in [0, 0.05) is 0 Å². The number of Topliss-reactive ketones (excluding diaryl/α,β-unsaturated/α-hetero) is 1. The van der Waals surface area contributed by atoms with Crippen LogP contribution in [0.5, 0.6) is 0 Å². The fourth-order valence-electron chi connectivity index (χ4n) is 1.04. The number of aliphatic carboxylic acids is 1. The van der Waals surface area contributed by atoms with Crippen LogP contribution in [0.4, 0.5) is 0 Å². The molecule has 0 heterocycles. The molecule has 0 unspecified atom stereocenters. The summed E-state index contributed by atoms with van der Waals surface area (Å²) in [7, 11) is -3.63. The number of carbonyl (C=O) groups excluding carboxylic acids is 1. The van der Waals surface area contributed by atoms with Crippen molar-refractivity contribution in [1.29, 1.82) is 0 Å². The molecular weight excluding hydrogens is 222 g/mol. The number of sulfonamides is 1. The second-order valence-corrected chi connectivity index (χ2v) is 5.27. The molecule has 0 aliphatic rings. The van der Waals surface area contributed by atoms with Gasteiger partial charge in [0.05, 0.1) is 12.3 Å². The van der Waals surface area contributed by atoms with Crippen LogP contribution in [0.25, 0.3) is 0 Å². The van der Waals surface area contributed by atoms with Crippen molar-refractivity contribution in [2.24, 2.45) is 0 Å². The van der Waals surface area contributed by atoms with E-state index in [-0.39, 0.29) is 18.1 Å². The first-order valence-electron chi connectivity index (χ1n) is 4.48. The topological polar surface area (TPSA) is 91.8 Å². The molecule has 0 rings (SSSR count). The average Bonchev–Trinajstić information content (AvgIpc) is 2.00. The maximum absolute atomic E-state index is 11.5. The first kappa shape index (κ1) is 14.1. The first-order valence-corrected chi connectivity index (χ1v) is 6.09. The second-order valence-electron chi connectivity index (χ2n) is 3.18. The molecule has 0 bridgehead atoms. The highest BCUT2D eigenvalue weighted by atomic mass is 32.2. The lowest BCUT2D eigenvalue weighted by Gasteiger charge is -2.18. The number of carbonyl (C=O) groups is 2. The quantitative estimate of drug-likeness (QED) is 0.656. The van der Waals surface area contributed by atoms with Gasteiger partial charge in [0.15, 0.2) is 0 Å². The Kier molecular flexibility index (Phi) is 5.45. The van der Waals surface area contributed by atoms with Crippen LogP contribution in [0.1, 0.15) is 20.3 Å². The number of ketones is 1. The molecule has 0 aromatic heterocycles. The highest BCUT2D eigenvalue weighted by Crippen LogP contribution is 2.03. The van der Waals surface area contributed by atoms with Gasteiger partial charge in [-0.1, -0.05) is 6.92 Å². The van der Waals surface area contributed by atoms with Gasteiger partial charge in [0.1, 0.15) is 12.3 Å². The Labute approximate surface area is 88.9 Å². The monoisotopic (exact) mass is 237 g/mol. The van der Waals surface area contributed by atoms with E-state index in [9.17, 15) is 18.0 Å². The average molecular weight is 237 g/mol. The van der Waals surface area contributed by atoms with Crippen LogP contribution in [-0.4, -0.2) is 48.4 Å². The summed E-state index contributed by atoms with van der Waals surface area (Å²) in [6.07, 6.45) is 0.385. The van der Waals surface area contributed by atoms with Crippen molar-refractivity contribution in [2.45, 2.75) is 20.3 Å². The van der Waals surface area contributed by atoms with Crippen LogP contribution >= 0.6 is 0 Å². The summed E-state index contributed by atoms with van der Waals surface area (Å²) < 4.78 is 23.7. The summed E-state index contributed by atoms with van der Waals surface area (Å²) in [4.78, 5) is 21.2. The van der Waals surface area contributed by atoms with E-state index in [1.165, 1.54) is 6.92 Å². The predicted octanol–water partition coefficient (Wildman–Crippen LogP) is -0.298. The van der Waals surface area contributed by atoms with Gasteiger partial charge in [-0.2, -0.15) is 4.31 Å². The zero-order valence-electron chi connectivity index (χ0n) is 8.76. The van der Waals surface area contributed by atoms with Crippen LogP contribution in [0.3, 0.4) is 0 Å². The molecule has 0 saturated carbocycles. The van der Waals surface area contributed by atoms with Crippen molar-refractivity contribution in [2.75, 3.05) is 18.8 Å². The molecule has 15 heavy (non-hydrogen) atoms. The zero-order chi connectivity index (χ0) is 12.1. The second kappa shape index (κ2) is 5.82. The summed E-state index contributed by atoms with van der Waals surface area (Å²) >= 11 is 0. The van der Waals surface area contributed by atoms with E-state index in [1.54, 1.807) is 6.92 Å². The number of carboxylic acid groups (broad SMARTS) is 1. The van der Waals surface area contributed by atoms with Gasteiger partial charge in [-0.05, 0) is 13.3 Å². The Morgan fingerprint density at radius 3 is 2.13 bits per heavy atom. The van der Waals surface area contributed by atoms with Gasteiger partial charge >= 0.3 is 5.97 Å². The van der Waals surface area contributed by atoms with E-state index in [1.807, 2.05) is 0 Å². The fourth-order valence-corrected chi connectivity index (χ4v) is 2.50. The van der Waals surface area contributed by atoms with Gasteiger partial charge in [0.2, 0.25) is 10.0 Å². The van der Waals surface area contributed by atoms with Crippen LogP contribution in [0, 0.1) is 0 Å². The van der Waals surface area contributed by atoms with E-state index in [0.717, 1.165) is 0 Å². The standard InChI is InChI=1S/C8H15NO5S/c1-3-4-15(13,14)9(5-7(2)10)6-8(11)12/h3-6H2,1-2H3,(H,11,12). The normalized spacial score (nSPS) is 11.7. The summed E-state index contributed by atoms with van der Waals surface area (Å²) in [6, 6.07) is 0. The number of hydrogen-bond donors (Lipinski definition) is 1. The Morgan fingerprint density at radius 1 is 1.27 bits per heavy atom. The third-order valence-corrected chi connectivity index (χ3v) is 3.54. The van der Waals surface area contributed by atoms with Crippen molar-refractivity contribution in [1.82, 2.24) is 4.31 Å². The van der Waals surface area contributed by atoms with Crippen LogP contribution in [0.15, 0.2) is 0 Å². The lowest BCUT2D eigenvalue weighted by molar-refractivity contribution is -0.137. The molecule has 7 heteroatoms. The van der Waals surface area contributed by atoms with Crippen molar-refractivity contribution < 1.29 is 23.1 Å². The van der Waals surface area contributed by atoms with Crippen LogP contribution < -0.4 is 0 Å². The van der Waals surface area contributed by atoms with Crippen molar-refractivity contribution >= 4 is 21.8 Å². The van der Waals surface area contributed by atoms with Crippen LogP contribution in [-0.2, 0) is 19.6 Å². The fraction of sp³-hybridized carbons (Fsp3) is 0.750. The molecular formula is C8H15NO5S. The van der Waals surface area contributed by atoms with E-state index in [0.29, 0.717) is 10.7 Å². The van der Waals surface area contributed by atoms with Gasteiger partial charge in [-0.25, -0.2) is 8.42 Å². The molecule has 0 aromatic rings. The summed E-state index contributed by atoms with van der Waals surface area (Å²) in [5.41, 5.74) is 0. The zero-order valence-corrected chi connectivity index (χ0v) is 9.58. The molecule has 0 radical (unpaired) electrons. The van der Waals surface area contributed by atoms with Crippen molar-refractivity contribution in [3.05, 3.63) is 0 Å².